The van der Waals surface area contributed by atoms with Crippen LogP contribution in [0.25, 0.3) is 0 Å². The van der Waals surface area contributed by atoms with Gasteiger partial charge in [0.2, 0.25) is 10.0 Å². The standard InChI is InChI=1S/C18H21NO4S2/c1-13(2)19-25(21,22)17-6-4-5-15(11-17)18(20)23-12-14-7-9-16(24-3)10-8-14/h4-11,13,19H,12H2,1-3H3. The lowest BCUT2D eigenvalue weighted by molar-refractivity contribution is 0.0472. The van der Waals surface area contributed by atoms with Crippen molar-refractivity contribution in [1.82, 2.24) is 4.72 Å². The maximum atomic E-state index is 12.2. The Morgan fingerprint density at radius 2 is 1.84 bits per heavy atom. The molecule has 0 aliphatic rings. The Labute approximate surface area is 152 Å². The van der Waals surface area contributed by atoms with Crippen molar-refractivity contribution in [2.75, 3.05) is 6.26 Å². The van der Waals surface area contributed by atoms with Gasteiger partial charge in [0.1, 0.15) is 6.61 Å². The first-order valence-electron chi connectivity index (χ1n) is 7.74. The zero-order chi connectivity index (χ0) is 18.4. The summed E-state index contributed by atoms with van der Waals surface area (Å²) in [4.78, 5) is 13.4. The van der Waals surface area contributed by atoms with Gasteiger partial charge in [-0.1, -0.05) is 18.2 Å². The molecule has 5 nitrogen and oxygen atoms in total. The van der Waals surface area contributed by atoms with Gasteiger partial charge in [0.05, 0.1) is 10.5 Å². The van der Waals surface area contributed by atoms with E-state index in [1.165, 1.54) is 24.3 Å². The third-order valence-corrected chi connectivity index (χ3v) is 5.70. The van der Waals surface area contributed by atoms with Crippen molar-refractivity contribution in [3.8, 4) is 0 Å². The summed E-state index contributed by atoms with van der Waals surface area (Å²) in [6, 6.07) is 13.3. The first kappa shape index (κ1) is 19.5. The predicted octanol–water partition coefficient (Wildman–Crippen LogP) is 3.45. The highest BCUT2D eigenvalue weighted by atomic mass is 32.2. The van der Waals surface area contributed by atoms with Gasteiger partial charge in [-0.05, 0) is 56.0 Å². The molecule has 0 atom stereocenters. The number of ether oxygens (including phenoxy) is 1. The number of sulfonamides is 1. The fourth-order valence-corrected chi connectivity index (χ4v) is 3.83. The van der Waals surface area contributed by atoms with E-state index in [9.17, 15) is 13.2 Å². The summed E-state index contributed by atoms with van der Waals surface area (Å²) in [6.45, 7) is 3.60. The van der Waals surface area contributed by atoms with Crippen molar-refractivity contribution >= 4 is 27.8 Å². The molecule has 0 unspecified atom stereocenters. The highest BCUT2D eigenvalue weighted by molar-refractivity contribution is 7.98. The molecule has 0 aliphatic carbocycles. The van der Waals surface area contributed by atoms with Crippen LogP contribution in [0.1, 0.15) is 29.8 Å². The van der Waals surface area contributed by atoms with Crippen LogP contribution in [0, 0.1) is 0 Å². The van der Waals surface area contributed by atoms with Crippen molar-refractivity contribution in [3.63, 3.8) is 0 Å². The van der Waals surface area contributed by atoms with E-state index >= 15 is 0 Å². The Kier molecular flexibility index (Phi) is 6.64. The van der Waals surface area contributed by atoms with Crippen LogP contribution >= 0.6 is 11.8 Å². The number of thioether (sulfide) groups is 1. The van der Waals surface area contributed by atoms with Crippen LogP contribution in [-0.4, -0.2) is 26.7 Å². The number of nitrogens with one attached hydrogen (secondary N) is 1. The molecule has 0 bridgehead atoms. The second-order valence-electron chi connectivity index (χ2n) is 5.73. The first-order valence-corrected chi connectivity index (χ1v) is 10.4. The normalized spacial score (nSPS) is 11.5. The molecule has 134 valence electrons. The maximum Gasteiger partial charge on any atom is 0.338 e. The topological polar surface area (TPSA) is 72.5 Å². The van der Waals surface area contributed by atoms with Gasteiger partial charge < -0.3 is 4.74 Å². The third kappa shape index (κ3) is 5.59. The molecule has 1 N–H and O–H groups in total. The lowest BCUT2D eigenvalue weighted by Crippen LogP contribution is -2.30. The molecule has 0 aliphatic heterocycles. The molecule has 2 rings (SSSR count). The number of carbonyl (C=O) groups is 1. The van der Waals surface area contributed by atoms with Gasteiger partial charge in [-0.2, -0.15) is 0 Å². The summed E-state index contributed by atoms with van der Waals surface area (Å²) < 4.78 is 32.1. The van der Waals surface area contributed by atoms with E-state index in [0.29, 0.717) is 0 Å². The Hall–Kier alpha value is -1.83. The number of carbonyl (C=O) groups excluding carboxylic acids is 1. The van der Waals surface area contributed by atoms with Gasteiger partial charge in [-0.15, -0.1) is 11.8 Å². The number of hydrogen-bond donors (Lipinski definition) is 1. The Balaban J connectivity index is 2.07. The molecule has 2 aromatic carbocycles. The zero-order valence-corrected chi connectivity index (χ0v) is 16.0. The van der Waals surface area contributed by atoms with Crippen LogP contribution in [0.3, 0.4) is 0 Å². The molecule has 0 saturated carbocycles. The van der Waals surface area contributed by atoms with Gasteiger partial charge in [-0.3, -0.25) is 0 Å². The predicted molar refractivity (Wildman–Crippen MR) is 99.2 cm³/mol. The van der Waals surface area contributed by atoms with Crippen molar-refractivity contribution in [1.29, 1.82) is 0 Å². The average Bonchev–Trinajstić information content (AvgIpc) is 2.59. The molecule has 0 heterocycles. The van der Waals surface area contributed by atoms with Crippen molar-refractivity contribution in [2.45, 2.75) is 36.3 Å². The largest absolute Gasteiger partial charge is 0.457 e. The molecule has 0 spiro atoms. The van der Waals surface area contributed by atoms with Gasteiger partial charge in [0.15, 0.2) is 0 Å². The lowest BCUT2D eigenvalue weighted by Gasteiger charge is -2.11. The van der Waals surface area contributed by atoms with Crippen LogP contribution < -0.4 is 4.72 Å². The number of rotatable bonds is 7. The average molecular weight is 380 g/mol. The maximum absolute atomic E-state index is 12.2. The van der Waals surface area contributed by atoms with Crippen LogP contribution in [0.4, 0.5) is 0 Å². The molecule has 0 amide bonds. The Morgan fingerprint density at radius 3 is 2.44 bits per heavy atom. The molecule has 2 aromatic rings. The van der Waals surface area contributed by atoms with E-state index in [4.69, 9.17) is 4.74 Å². The second kappa shape index (κ2) is 8.51. The minimum absolute atomic E-state index is 0.0416. The lowest BCUT2D eigenvalue weighted by atomic mass is 10.2. The fourth-order valence-electron chi connectivity index (χ4n) is 2.12. The fraction of sp³-hybridized carbons (Fsp3) is 0.278. The summed E-state index contributed by atoms with van der Waals surface area (Å²) in [6.07, 6.45) is 1.99. The molecule has 0 aromatic heterocycles. The Morgan fingerprint density at radius 1 is 1.16 bits per heavy atom. The van der Waals surface area contributed by atoms with Crippen molar-refractivity contribution in [2.24, 2.45) is 0 Å². The second-order valence-corrected chi connectivity index (χ2v) is 8.32. The number of esters is 1. The van der Waals surface area contributed by atoms with Crippen LogP contribution in [0.2, 0.25) is 0 Å². The SMILES string of the molecule is CSc1ccc(COC(=O)c2cccc(S(=O)(=O)NC(C)C)c2)cc1. The van der Waals surface area contributed by atoms with E-state index in [0.717, 1.165) is 10.5 Å². The quantitative estimate of drug-likeness (QED) is 0.589. The smallest absolute Gasteiger partial charge is 0.338 e. The molecule has 25 heavy (non-hydrogen) atoms. The first-order chi connectivity index (χ1) is 11.8. The monoisotopic (exact) mass is 379 g/mol. The van der Waals surface area contributed by atoms with Gasteiger partial charge in [0.25, 0.3) is 0 Å². The molecule has 0 fully saturated rings. The Bertz CT molecular complexity index is 830. The highest BCUT2D eigenvalue weighted by Gasteiger charge is 2.17. The molecular formula is C18H21NO4S2. The van der Waals surface area contributed by atoms with Gasteiger partial charge in [0, 0.05) is 10.9 Å². The third-order valence-electron chi connectivity index (χ3n) is 3.30. The van der Waals surface area contributed by atoms with Gasteiger partial charge >= 0.3 is 5.97 Å². The minimum atomic E-state index is -3.65. The van der Waals surface area contributed by atoms with E-state index in [-0.39, 0.29) is 23.1 Å². The minimum Gasteiger partial charge on any atom is -0.457 e. The van der Waals surface area contributed by atoms with E-state index in [2.05, 4.69) is 4.72 Å². The van der Waals surface area contributed by atoms with Crippen LogP contribution in [0.15, 0.2) is 58.3 Å². The molecular weight excluding hydrogens is 358 g/mol. The highest BCUT2D eigenvalue weighted by Crippen LogP contribution is 2.17. The van der Waals surface area contributed by atoms with E-state index < -0.39 is 16.0 Å². The summed E-state index contributed by atoms with van der Waals surface area (Å²) in [5.41, 5.74) is 1.07. The molecule has 0 saturated heterocycles. The van der Waals surface area contributed by atoms with E-state index in [1.54, 1.807) is 25.6 Å². The number of hydrogen-bond acceptors (Lipinski definition) is 5. The summed E-state index contributed by atoms with van der Waals surface area (Å²) in [7, 11) is -3.65. The molecule has 7 heteroatoms. The summed E-state index contributed by atoms with van der Waals surface area (Å²) in [5, 5.41) is 0. The molecule has 0 radical (unpaired) electrons. The zero-order valence-electron chi connectivity index (χ0n) is 14.4. The summed E-state index contributed by atoms with van der Waals surface area (Å²) in [5.74, 6) is -0.560. The van der Waals surface area contributed by atoms with Crippen molar-refractivity contribution in [3.05, 3.63) is 59.7 Å². The van der Waals surface area contributed by atoms with Gasteiger partial charge in [-0.25, -0.2) is 17.9 Å². The number of benzene rings is 2. The van der Waals surface area contributed by atoms with E-state index in [1.807, 2.05) is 30.5 Å². The van der Waals surface area contributed by atoms with Crippen LogP contribution in [-0.2, 0) is 21.4 Å². The van der Waals surface area contributed by atoms with Crippen molar-refractivity contribution < 1.29 is 17.9 Å². The summed E-state index contributed by atoms with van der Waals surface area (Å²) >= 11 is 1.64. The van der Waals surface area contributed by atoms with Crippen LogP contribution in [0.5, 0.6) is 0 Å².